The van der Waals surface area contributed by atoms with Crippen LogP contribution in [0.5, 0.6) is 11.5 Å². The molecule has 3 aromatic rings. The molecule has 0 saturated carbocycles. The normalized spacial score (nSPS) is 11.2. The number of nitrogens with zero attached hydrogens (tertiary/aromatic N) is 1. The number of aryl methyl sites for hydroxylation is 2. The fourth-order valence-electron chi connectivity index (χ4n) is 3.34. The van der Waals surface area contributed by atoms with Crippen molar-refractivity contribution in [1.29, 1.82) is 0 Å². The number of alkyl halides is 3. The third-order valence-electron chi connectivity index (χ3n) is 5.04. The zero-order chi connectivity index (χ0) is 24.2. The van der Waals surface area contributed by atoms with Crippen molar-refractivity contribution in [3.8, 4) is 11.5 Å². The molecule has 0 bridgehead atoms. The lowest BCUT2D eigenvalue weighted by atomic mass is 10.0. The second-order valence-corrected chi connectivity index (χ2v) is 7.18. The van der Waals surface area contributed by atoms with E-state index in [2.05, 4.69) is 5.32 Å². The van der Waals surface area contributed by atoms with Crippen LogP contribution < -0.4 is 10.1 Å². The van der Waals surface area contributed by atoms with Crippen molar-refractivity contribution in [3.05, 3.63) is 93.0 Å². The number of rotatable bonds is 7. The summed E-state index contributed by atoms with van der Waals surface area (Å²) in [6.07, 6.45) is -3.28. The predicted octanol–water partition coefficient (Wildman–Crippen LogP) is 6.78. The van der Waals surface area contributed by atoms with E-state index in [0.29, 0.717) is 12.1 Å². The summed E-state index contributed by atoms with van der Waals surface area (Å²) in [6.45, 7) is 3.96. The van der Waals surface area contributed by atoms with Crippen molar-refractivity contribution in [2.24, 2.45) is 0 Å². The molecule has 0 aromatic heterocycles. The van der Waals surface area contributed by atoms with Crippen molar-refractivity contribution in [3.63, 3.8) is 0 Å². The lowest BCUT2D eigenvalue weighted by Crippen LogP contribution is -2.15. The van der Waals surface area contributed by atoms with E-state index in [-0.39, 0.29) is 17.1 Å². The summed E-state index contributed by atoms with van der Waals surface area (Å²) in [5.74, 6) is -0.696. The SMILES string of the molecule is CCc1cccc(CC)c1NC(=O)c1cccc(Oc2ccc(C(F)(F)F)cc2[N+](=O)[O-])c1. The molecule has 0 unspecified atom stereocenters. The van der Waals surface area contributed by atoms with Crippen molar-refractivity contribution in [2.75, 3.05) is 5.32 Å². The Kier molecular flexibility index (Phi) is 7.01. The van der Waals surface area contributed by atoms with E-state index in [9.17, 15) is 28.1 Å². The lowest BCUT2D eigenvalue weighted by Gasteiger charge is -2.15. The average Bonchev–Trinajstić information content (AvgIpc) is 2.78. The smallest absolute Gasteiger partial charge is 0.416 e. The monoisotopic (exact) mass is 458 g/mol. The van der Waals surface area contributed by atoms with Gasteiger partial charge in [0.05, 0.1) is 10.5 Å². The Hall–Kier alpha value is -3.88. The van der Waals surface area contributed by atoms with Crippen LogP contribution in [0.2, 0.25) is 0 Å². The summed E-state index contributed by atoms with van der Waals surface area (Å²) in [7, 11) is 0. The number of nitrogens with one attached hydrogen (secondary N) is 1. The van der Waals surface area contributed by atoms with Gasteiger partial charge in [0.25, 0.3) is 5.91 Å². The van der Waals surface area contributed by atoms with Crippen molar-refractivity contribution < 1.29 is 27.6 Å². The van der Waals surface area contributed by atoms with Gasteiger partial charge in [-0.05, 0) is 54.3 Å². The summed E-state index contributed by atoms with van der Waals surface area (Å²) in [5, 5.41) is 14.2. The number of carbonyl (C=O) groups excluding carboxylic acids is 1. The van der Waals surface area contributed by atoms with Crippen molar-refractivity contribution in [1.82, 2.24) is 0 Å². The van der Waals surface area contributed by atoms with Gasteiger partial charge >= 0.3 is 11.9 Å². The second kappa shape index (κ2) is 9.72. The predicted molar refractivity (Wildman–Crippen MR) is 118 cm³/mol. The molecule has 0 fully saturated rings. The van der Waals surface area contributed by atoms with E-state index in [0.717, 1.165) is 35.7 Å². The van der Waals surface area contributed by atoms with Crippen LogP contribution >= 0.6 is 0 Å². The van der Waals surface area contributed by atoms with E-state index in [1.54, 1.807) is 6.07 Å². The summed E-state index contributed by atoms with van der Waals surface area (Å²) in [4.78, 5) is 23.2. The van der Waals surface area contributed by atoms with Crippen LogP contribution in [-0.4, -0.2) is 10.8 Å². The van der Waals surface area contributed by atoms with Crippen LogP contribution in [-0.2, 0) is 19.0 Å². The van der Waals surface area contributed by atoms with Gasteiger partial charge in [-0.2, -0.15) is 13.2 Å². The molecule has 3 rings (SSSR count). The number of hydrogen-bond donors (Lipinski definition) is 1. The van der Waals surface area contributed by atoms with Crippen LogP contribution in [0.1, 0.15) is 40.9 Å². The molecular formula is C24H21F3N2O4. The zero-order valence-electron chi connectivity index (χ0n) is 17.9. The molecule has 0 spiro atoms. The van der Waals surface area contributed by atoms with Gasteiger partial charge in [0, 0.05) is 17.3 Å². The van der Waals surface area contributed by atoms with E-state index in [1.165, 1.54) is 18.2 Å². The number of amides is 1. The summed E-state index contributed by atoms with van der Waals surface area (Å²) >= 11 is 0. The number of nitro groups is 1. The second-order valence-electron chi connectivity index (χ2n) is 7.18. The Balaban J connectivity index is 1.88. The largest absolute Gasteiger partial charge is 0.450 e. The number of benzene rings is 3. The zero-order valence-corrected chi connectivity index (χ0v) is 17.9. The number of para-hydroxylation sites is 1. The van der Waals surface area contributed by atoms with Gasteiger partial charge < -0.3 is 10.1 Å². The standard InChI is InChI=1S/C24H21F3N2O4/c1-3-15-7-5-8-16(4-2)22(15)28-23(30)17-9-6-10-19(13-17)33-21-12-11-18(24(25,26)27)14-20(21)29(31)32/h5-14H,3-4H2,1-2H3,(H,28,30). The molecule has 0 saturated heterocycles. The number of nitro benzene ring substituents is 1. The van der Waals surface area contributed by atoms with Gasteiger partial charge in [-0.3, -0.25) is 14.9 Å². The maximum atomic E-state index is 12.9. The van der Waals surface area contributed by atoms with E-state index >= 15 is 0 Å². The molecule has 3 aromatic carbocycles. The average molecular weight is 458 g/mol. The first-order valence-corrected chi connectivity index (χ1v) is 10.2. The highest BCUT2D eigenvalue weighted by atomic mass is 19.4. The van der Waals surface area contributed by atoms with Crippen LogP contribution in [0, 0.1) is 10.1 Å². The van der Waals surface area contributed by atoms with Gasteiger partial charge in [-0.25, -0.2) is 0 Å². The third-order valence-corrected chi connectivity index (χ3v) is 5.04. The van der Waals surface area contributed by atoms with Crippen LogP contribution in [0.15, 0.2) is 60.7 Å². The van der Waals surface area contributed by atoms with Gasteiger partial charge in [0.15, 0.2) is 0 Å². The Morgan fingerprint density at radius 2 is 1.64 bits per heavy atom. The number of carbonyl (C=O) groups is 1. The fourth-order valence-corrected chi connectivity index (χ4v) is 3.34. The van der Waals surface area contributed by atoms with Crippen LogP contribution in [0.25, 0.3) is 0 Å². The van der Waals surface area contributed by atoms with E-state index in [1.807, 2.05) is 32.0 Å². The number of halogens is 3. The Morgan fingerprint density at radius 1 is 1.00 bits per heavy atom. The third kappa shape index (κ3) is 5.49. The molecule has 0 aliphatic rings. The molecule has 9 heteroatoms. The van der Waals surface area contributed by atoms with Gasteiger partial charge in [0.2, 0.25) is 5.75 Å². The number of ether oxygens (including phenoxy) is 1. The number of hydrogen-bond acceptors (Lipinski definition) is 4. The van der Waals surface area contributed by atoms with Gasteiger partial charge in [-0.1, -0.05) is 38.1 Å². The maximum absolute atomic E-state index is 12.9. The Labute approximate surface area is 188 Å². The molecule has 6 nitrogen and oxygen atoms in total. The van der Waals surface area contributed by atoms with Crippen molar-refractivity contribution in [2.45, 2.75) is 32.9 Å². The minimum Gasteiger partial charge on any atom is -0.450 e. The maximum Gasteiger partial charge on any atom is 0.416 e. The van der Waals surface area contributed by atoms with Gasteiger partial charge in [0.1, 0.15) is 5.75 Å². The highest BCUT2D eigenvalue weighted by molar-refractivity contribution is 6.05. The van der Waals surface area contributed by atoms with Crippen LogP contribution in [0.3, 0.4) is 0 Å². The first-order chi connectivity index (χ1) is 15.6. The molecule has 0 radical (unpaired) electrons. The summed E-state index contributed by atoms with van der Waals surface area (Å²) < 4.78 is 44.2. The van der Waals surface area contributed by atoms with E-state index < -0.39 is 28.3 Å². The number of anilines is 1. The fraction of sp³-hybridized carbons (Fsp3) is 0.208. The topological polar surface area (TPSA) is 81.5 Å². The highest BCUT2D eigenvalue weighted by Crippen LogP contribution is 2.38. The molecule has 1 amide bonds. The van der Waals surface area contributed by atoms with Crippen molar-refractivity contribution >= 4 is 17.3 Å². The molecule has 172 valence electrons. The minimum atomic E-state index is -4.73. The van der Waals surface area contributed by atoms with Gasteiger partial charge in [-0.15, -0.1) is 0 Å². The molecule has 1 N–H and O–H groups in total. The molecule has 0 heterocycles. The quantitative estimate of drug-likeness (QED) is 0.312. The van der Waals surface area contributed by atoms with Crippen LogP contribution in [0.4, 0.5) is 24.5 Å². The Morgan fingerprint density at radius 3 is 2.21 bits per heavy atom. The molecule has 0 atom stereocenters. The Bertz CT molecular complexity index is 1170. The first-order valence-electron chi connectivity index (χ1n) is 10.2. The van der Waals surface area contributed by atoms with E-state index in [4.69, 9.17) is 4.74 Å². The molecular weight excluding hydrogens is 437 g/mol. The highest BCUT2D eigenvalue weighted by Gasteiger charge is 2.33. The first kappa shape index (κ1) is 23.8. The lowest BCUT2D eigenvalue weighted by molar-refractivity contribution is -0.385. The summed E-state index contributed by atoms with van der Waals surface area (Å²) in [5.41, 5.74) is 0.943. The molecule has 0 aliphatic heterocycles. The minimum absolute atomic E-state index is 0.0741. The molecule has 33 heavy (non-hydrogen) atoms. The summed E-state index contributed by atoms with van der Waals surface area (Å²) in [6, 6.07) is 13.7. The molecule has 0 aliphatic carbocycles.